The van der Waals surface area contributed by atoms with Crippen molar-refractivity contribution in [1.82, 2.24) is 9.88 Å². The van der Waals surface area contributed by atoms with Crippen LogP contribution in [0.4, 0.5) is 0 Å². The van der Waals surface area contributed by atoms with E-state index >= 15 is 0 Å². The van der Waals surface area contributed by atoms with E-state index in [0.29, 0.717) is 18.8 Å². The second-order valence-electron chi connectivity index (χ2n) is 6.04. The molecule has 2 fully saturated rings. The highest BCUT2D eigenvalue weighted by atomic mass is 32.2. The molecule has 1 aromatic heterocycles. The van der Waals surface area contributed by atoms with Gasteiger partial charge in [-0.2, -0.15) is 11.8 Å². The van der Waals surface area contributed by atoms with E-state index in [9.17, 15) is 9.90 Å². The molecular formula is C15H22N2O2S2. The van der Waals surface area contributed by atoms with Crippen LogP contribution in [0.25, 0.3) is 0 Å². The molecule has 3 rings (SSSR count). The van der Waals surface area contributed by atoms with Crippen LogP contribution >= 0.6 is 23.1 Å². The Morgan fingerprint density at radius 3 is 2.62 bits per heavy atom. The number of thiazole rings is 1. The molecule has 0 radical (unpaired) electrons. The number of likely N-dealkylation sites (tertiary alicyclic amines) is 1. The average Bonchev–Trinajstić information content (AvgIpc) is 2.94. The highest BCUT2D eigenvalue weighted by molar-refractivity contribution is 7.99. The first kappa shape index (κ1) is 15.3. The highest BCUT2D eigenvalue weighted by Gasteiger charge is 2.41. The maximum atomic E-state index is 12.6. The molecule has 1 aromatic rings. The van der Waals surface area contributed by atoms with Crippen LogP contribution in [-0.4, -0.2) is 51.1 Å². The van der Waals surface area contributed by atoms with E-state index in [4.69, 9.17) is 0 Å². The van der Waals surface area contributed by atoms with Gasteiger partial charge in [0.2, 0.25) is 0 Å². The van der Waals surface area contributed by atoms with Crippen molar-refractivity contribution >= 4 is 29.0 Å². The minimum Gasteiger partial charge on any atom is -0.380 e. The van der Waals surface area contributed by atoms with Gasteiger partial charge >= 0.3 is 0 Å². The van der Waals surface area contributed by atoms with Crippen LogP contribution in [0, 0.1) is 6.92 Å². The third-order valence-electron chi connectivity index (χ3n) is 4.49. The Kier molecular flexibility index (Phi) is 4.57. The van der Waals surface area contributed by atoms with Crippen LogP contribution in [0.5, 0.6) is 0 Å². The van der Waals surface area contributed by atoms with Crippen LogP contribution in [0.2, 0.25) is 0 Å². The second-order valence-corrected chi connectivity index (χ2v) is 8.15. The number of hydrogen-bond donors (Lipinski definition) is 1. The van der Waals surface area contributed by atoms with Crippen LogP contribution < -0.4 is 0 Å². The molecule has 0 spiro atoms. The number of aryl methyl sites for hydroxylation is 1. The molecule has 0 saturated carbocycles. The van der Waals surface area contributed by atoms with Crippen molar-refractivity contribution in [3.63, 3.8) is 0 Å². The number of carbonyl (C=O) groups is 1. The number of aliphatic hydroxyl groups is 1. The molecule has 2 saturated heterocycles. The van der Waals surface area contributed by atoms with Gasteiger partial charge < -0.3 is 10.0 Å². The lowest BCUT2D eigenvalue weighted by atomic mass is 9.91. The predicted octanol–water partition coefficient (Wildman–Crippen LogP) is 2.42. The van der Waals surface area contributed by atoms with Crippen molar-refractivity contribution in [1.29, 1.82) is 0 Å². The largest absolute Gasteiger partial charge is 0.380 e. The number of aromatic nitrogens is 1. The molecule has 3 heterocycles. The van der Waals surface area contributed by atoms with Crippen LogP contribution in [0.15, 0.2) is 5.38 Å². The first-order valence-electron chi connectivity index (χ1n) is 7.60. The Hall–Kier alpha value is -0.590. The topological polar surface area (TPSA) is 53.4 Å². The fourth-order valence-electron chi connectivity index (χ4n) is 3.11. The molecule has 0 bridgehead atoms. The fourth-order valence-corrected chi connectivity index (χ4v) is 5.24. The first-order valence-corrected chi connectivity index (χ1v) is 9.63. The summed E-state index contributed by atoms with van der Waals surface area (Å²) in [6.07, 6.45) is 3.12. The van der Waals surface area contributed by atoms with Crippen molar-refractivity contribution in [3.05, 3.63) is 16.1 Å². The van der Waals surface area contributed by atoms with Gasteiger partial charge in [-0.1, -0.05) is 0 Å². The number of thioether (sulfide) groups is 1. The highest BCUT2D eigenvalue weighted by Crippen LogP contribution is 2.33. The van der Waals surface area contributed by atoms with E-state index in [1.54, 1.807) is 11.3 Å². The van der Waals surface area contributed by atoms with Gasteiger partial charge in [0.25, 0.3) is 5.91 Å². The van der Waals surface area contributed by atoms with Crippen molar-refractivity contribution in [2.75, 3.05) is 24.6 Å². The summed E-state index contributed by atoms with van der Waals surface area (Å²) in [5, 5.41) is 13.9. The molecule has 2 aliphatic rings. The lowest BCUT2D eigenvalue weighted by Crippen LogP contribution is -2.52. The number of carbonyl (C=O) groups excluding carboxylic acids is 1. The van der Waals surface area contributed by atoms with E-state index in [2.05, 4.69) is 10.4 Å². The zero-order valence-corrected chi connectivity index (χ0v) is 14.0. The third-order valence-corrected chi connectivity index (χ3v) is 6.60. The summed E-state index contributed by atoms with van der Waals surface area (Å²) in [7, 11) is 0. The lowest BCUT2D eigenvalue weighted by molar-refractivity contribution is -0.153. The summed E-state index contributed by atoms with van der Waals surface area (Å²) in [5.41, 5.74) is -0.0157. The van der Waals surface area contributed by atoms with Gasteiger partial charge in [0.15, 0.2) is 0 Å². The van der Waals surface area contributed by atoms with Crippen LogP contribution in [0.1, 0.15) is 42.3 Å². The Labute approximate surface area is 133 Å². The van der Waals surface area contributed by atoms with Gasteiger partial charge in [-0.25, -0.2) is 4.98 Å². The van der Waals surface area contributed by atoms with E-state index < -0.39 is 5.60 Å². The maximum absolute atomic E-state index is 12.6. The Bertz CT molecular complexity index is 504. The molecule has 0 aliphatic carbocycles. The molecule has 1 N–H and O–H groups in total. The summed E-state index contributed by atoms with van der Waals surface area (Å²) < 4.78 is 0. The van der Waals surface area contributed by atoms with Crippen molar-refractivity contribution < 1.29 is 9.90 Å². The van der Waals surface area contributed by atoms with E-state index in [1.165, 1.54) is 5.01 Å². The number of rotatable bonds is 2. The standard InChI is InChI=1S/C15H22N2O2S2/c1-11-10-21-13(16-11)12-2-6-17(7-3-12)14(18)15(19)4-8-20-9-5-15/h10,12,19H,2-9H2,1H3. The van der Waals surface area contributed by atoms with Gasteiger partial charge in [-0.3, -0.25) is 4.79 Å². The zero-order valence-electron chi connectivity index (χ0n) is 12.4. The number of nitrogens with zero attached hydrogens (tertiary/aromatic N) is 2. The first-order chi connectivity index (χ1) is 10.1. The number of piperidine rings is 1. The number of hydrogen-bond acceptors (Lipinski definition) is 5. The van der Waals surface area contributed by atoms with Gasteiger partial charge in [-0.05, 0) is 44.1 Å². The Morgan fingerprint density at radius 1 is 1.38 bits per heavy atom. The monoisotopic (exact) mass is 326 g/mol. The molecule has 4 nitrogen and oxygen atoms in total. The smallest absolute Gasteiger partial charge is 0.254 e. The van der Waals surface area contributed by atoms with Crippen molar-refractivity contribution in [2.24, 2.45) is 0 Å². The molecular weight excluding hydrogens is 304 g/mol. The summed E-state index contributed by atoms with van der Waals surface area (Å²) in [5.74, 6) is 2.20. The molecule has 116 valence electrons. The molecule has 1 amide bonds. The van der Waals surface area contributed by atoms with E-state index in [1.807, 2.05) is 23.6 Å². The Balaban J connectivity index is 1.59. The Morgan fingerprint density at radius 2 is 2.05 bits per heavy atom. The molecule has 0 atom stereocenters. The van der Waals surface area contributed by atoms with Gasteiger partial charge in [0.05, 0.1) is 5.01 Å². The summed E-state index contributed by atoms with van der Waals surface area (Å²) in [4.78, 5) is 19.0. The van der Waals surface area contributed by atoms with E-state index in [0.717, 1.165) is 43.1 Å². The SMILES string of the molecule is Cc1csc(C2CCN(C(=O)C3(O)CCSCC3)CC2)n1. The van der Waals surface area contributed by atoms with Crippen molar-refractivity contribution in [2.45, 2.75) is 44.1 Å². The third kappa shape index (κ3) is 3.27. The van der Waals surface area contributed by atoms with Gasteiger partial charge in [0, 0.05) is 30.1 Å². The number of amides is 1. The average molecular weight is 326 g/mol. The van der Waals surface area contributed by atoms with Crippen LogP contribution in [-0.2, 0) is 4.79 Å². The minimum atomic E-state index is -1.10. The molecule has 0 unspecified atom stereocenters. The van der Waals surface area contributed by atoms with E-state index in [-0.39, 0.29) is 5.91 Å². The lowest BCUT2D eigenvalue weighted by Gasteiger charge is -2.38. The molecule has 6 heteroatoms. The quantitative estimate of drug-likeness (QED) is 0.907. The molecule has 2 aliphatic heterocycles. The predicted molar refractivity (Wildman–Crippen MR) is 86.9 cm³/mol. The normalized spacial score (nSPS) is 23.2. The minimum absolute atomic E-state index is 0.0448. The van der Waals surface area contributed by atoms with Gasteiger partial charge in [-0.15, -0.1) is 11.3 Å². The summed E-state index contributed by atoms with van der Waals surface area (Å²) in [6, 6.07) is 0. The second kappa shape index (κ2) is 6.26. The molecule has 0 aromatic carbocycles. The summed E-state index contributed by atoms with van der Waals surface area (Å²) >= 11 is 3.55. The fraction of sp³-hybridized carbons (Fsp3) is 0.733. The van der Waals surface area contributed by atoms with Gasteiger partial charge in [0.1, 0.15) is 5.60 Å². The summed E-state index contributed by atoms with van der Waals surface area (Å²) in [6.45, 7) is 3.52. The van der Waals surface area contributed by atoms with Crippen LogP contribution in [0.3, 0.4) is 0 Å². The van der Waals surface area contributed by atoms with Crippen molar-refractivity contribution in [3.8, 4) is 0 Å². The zero-order chi connectivity index (χ0) is 14.9. The molecule has 21 heavy (non-hydrogen) atoms. The maximum Gasteiger partial charge on any atom is 0.254 e.